The average molecular weight is 500 g/mol. The molecule has 2 aliphatic heterocycles. The van der Waals surface area contributed by atoms with E-state index in [9.17, 15) is 5.11 Å². The number of allylic oxidation sites excluding steroid dienone is 1. The van der Waals surface area contributed by atoms with Gasteiger partial charge >= 0.3 is 0 Å². The highest BCUT2D eigenvalue weighted by Gasteiger charge is 2.67. The Hall–Kier alpha value is -2.56. The molecule has 33 heavy (non-hydrogen) atoms. The zero-order valence-corrected chi connectivity index (χ0v) is 20.1. The van der Waals surface area contributed by atoms with Crippen LogP contribution in [0.4, 0.5) is 0 Å². The van der Waals surface area contributed by atoms with Gasteiger partial charge in [0.15, 0.2) is 11.5 Å². The Bertz CT molecular complexity index is 1290. The number of aromatic hydroxyl groups is 1. The number of phenols is 1. The van der Waals surface area contributed by atoms with Crippen molar-refractivity contribution in [2.45, 2.75) is 35.2 Å². The van der Waals surface area contributed by atoms with E-state index in [0.717, 1.165) is 19.4 Å². The molecule has 4 aliphatic rings. The number of phenolic OH excluding ortho intramolecular Hbond substituents is 1. The van der Waals surface area contributed by atoms with Gasteiger partial charge in [-0.2, -0.15) is 0 Å². The Morgan fingerprint density at radius 1 is 0.939 bits per heavy atom. The van der Waals surface area contributed by atoms with Crippen LogP contribution in [0.5, 0.6) is 11.5 Å². The average Bonchev–Trinajstić information content (AvgIpc) is 3.19. The Morgan fingerprint density at radius 2 is 1.61 bits per heavy atom. The predicted octanol–water partition coefficient (Wildman–Crippen LogP) is 5.66. The van der Waals surface area contributed by atoms with Crippen molar-refractivity contribution in [3.63, 3.8) is 0 Å². The quantitative estimate of drug-likeness (QED) is 0.462. The molecule has 3 aromatic carbocycles. The number of rotatable bonds is 2. The zero-order chi connectivity index (χ0) is 22.3. The van der Waals surface area contributed by atoms with E-state index in [1.807, 2.05) is 6.07 Å². The van der Waals surface area contributed by atoms with Crippen LogP contribution < -0.4 is 4.74 Å². The van der Waals surface area contributed by atoms with Gasteiger partial charge in [0.2, 0.25) is 0 Å². The lowest BCUT2D eigenvalue weighted by molar-refractivity contribution is 0.00523. The van der Waals surface area contributed by atoms with Gasteiger partial charge in [-0.1, -0.05) is 82.7 Å². The highest BCUT2D eigenvalue weighted by Crippen LogP contribution is 2.67. The van der Waals surface area contributed by atoms with Gasteiger partial charge in [-0.15, -0.1) is 0 Å². The van der Waals surface area contributed by atoms with Crippen molar-refractivity contribution in [3.8, 4) is 11.5 Å². The van der Waals surface area contributed by atoms with Crippen LogP contribution in [0.25, 0.3) is 11.1 Å². The van der Waals surface area contributed by atoms with Crippen molar-refractivity contribution in [1.29, 1.82) is 0 Å². The molecule has 0 radical (unpaired) electrons. The highest BCUT2D eigenvalue weighted by atomic mass is 79.9. The Balaban J connectivity index is 1.59. The van der Waals surface area contributed by atoms with Crippen molar-refractivity contribution in [1.82, 2.24) is 4.90 Å². The molecule has 0 aromatic heterocycles. The first kappa shape index (κ1) is 19.9. The van der Waals surface area contributed by atoms with Gasteiger partial charge in [0.25, 0.3) is 0 Å². The molecule has 2 heterocycles. The summed E-state index contributed by atoms with van der Waals surface area (Å²) in [5.74, 6) is 1.35. The van der Waals surface area contributed by atoms with Crippen molar-refractivity contribution in [2.24, 2.45) is 5.92 Å². The lowest BCUT2D eigenvalue weighted by Crippen LogP contribution is -2.66. The second-order valence-electron chi connectivity index (χ2n) is 9.98. The van der Waals surface area contributed by atoms with Gasteiger partial charge in [0.1, 0.15) is 6.10 Å². The van der Waals surface area contributed by atoms with Crippen LogP contribution in [-0.4, -0.2) is 40.6 Å². The van der Waals surface area contributed by atoms with Crippen molar-refractivity contribution < 1.29 is 9.84 Å². The van der Waals surface area contributed by atoms with Gasteiger partial charge in [0, 0.05) is 33.3 Å². The topological polar surface area (TPSA) is 32.7 Å². The van der Waals surface area contributed by atoms with E-state index < -0.39 is 0 Å². The van der Waals surface area contributed by atoms with E-state index in [4.69, 9.17) is 4.74 Å². The highest BCUT2D eigenvalue weighted by molar-refractivity contribution is 9.09. The summed E-state index contributed by atoms with van der Waals surface area (Å²) in [6.07, 6.45) is 1.90. The molecule has 7 rings (SSSR count). The summed E-state index contributed by atoms with van der Waals surface area (Å²) in [6.45, 7) is 1.04. The van der Waals surface area contributed by atoms with Crippen LogP contribution >= 0.6 is 15.9 Å². The van der Waals surface area contributed by atoms with Crippen LogP contribution in [0.2, 0.25) is 0 Å². The number of halogens is 1. The first-order valence-electron chi connectivity index (χ1n) is 11.8. The summed E-state index contributed by atoms with van der Waals surface area (Å²) < 4.78 is 6.86. The fourth-order valence-corrected chi connectivity index (χ4v) is 8.62. The summed E-state index contributed by atoms with van der Waals surface area (Å²) in [6, 6.07) is 25.9. The van der Waals surface area contributed by atoms with Gasteiger partial charge in [-0.05, 0) is 54.8 Å². The molecule has 0 saturated carbocycles. The normalized spacial score (nSPS) is 31.8. The summed E-state index contributed by atoms with van der Waals surface area (Å²) in [4.78, 5) is 2.73. The Labute approximate surface area is 202 Å². The molecule has 1 spiro atoms. The number of ether oxygens (including phenoxy) is 1. The third kappa shape index (κ3) is 2.49. The van der Waals surface area contributed by atoms with E-state index in [1.54, 1.807) is 0 Å². The minimum absolute atomic E-state index is 0.118. The smallest absolute Gasteiger partial charge is 0.166 e. The largest absolute Gasteiger partial charge is 0.504 e. The molecular formula is C29H26BrNO2. The maximum atomic E-state index is 10.9. The number of hydrogen-bond acceptors (Lipinski definition) is 3. The lowest BCUT2D eigenvalue weighted by Gasteiger charge is -2.59. The van der Waals surface area contributed by atoms with Gasteiger partial charge in [-0.25, -0.2) is 0 Å². The van der Waals surface area contributed by atoms with Crippen LogP contribution in [-0.2, 0) is 11.8 Å². The Kier molecular flexibility index (Phi) is 4.20. The second kappa shape index (κ2) is 6.97. The fourth-order valence-electron chi connectivity index (χ4n) is 7.28. The molecule has 1 saturated heterocycles. The van der Waals surface area contributed by atoms with E-state index in [0.29, 0.717) is 17.7 Å². The first-order valence-corrected chi connectivity index (χ1v) is 12.7. The van der Waals surface area contributed by atoms with Crippen LogP contribution in [0.3, 0.4) is 0 Å². The van der Waals surface area contributed by atoms with Gasteiger partial charge in [0.05, 0.1) is 0 Å². The number of nitrogens with zero attached hydrogens (tertiary/aromatic N) is 1. The van der Waals surface area contributed by atoms with E-state index in [-0.39, 0.29) is 22.1 Å². The zero-order valence-electron chi connectivity index (χ0n) is 18.5. The second-order valence-corrected chi connectivity index (χ2v) is 11.0. The molecule has 3 aromatic rings. The fraction of sp³-hybridized carbons (Fsp3) is 0.310. The number of likely N-dealkylation sites (N-methyl/N-ethyl adjacent to an activating group) is 1. The standard InChI is InChI=1S/C29H26BrNO2/c1-31-15-14-29-24-19-12-13-21(32)27(24)33-28(29)23(18-10-6-3-7-11-18)22(17-8-4-2-5-9-17)26(30)25(29)20(31)16-19/h2-13,20,25-26,28,32H,14-16H2,1H3/t20-,25-,26+,28+,29-/m1/s1. The predicted molar refractivity (Wildman–Crippen MR) is 135 cm³/mol. The lowest BCUT2D eigenvalue weighted by atomic mass is 9.50. The third-order valence-electron chi connectivity index (χ3n) is 8.59. The van der Waals surface area contributed by atoms with Crippen molar-refractivity contribution >= 4 is 27.1 Å². The van der Waals surface area contributed by atoms with Crippen LogP contribution in [0, 0.1) is 5.92 Å². The van der Waals surface area contributed by atoms with Gasteiger partial charge < -0.3 is 14.7 Å². The van der Waals surface area contributed by atoms with Crippen molar-refractivity contribution in [3.05, 3.63) is 95.1 Å². The number of alkyl halides is 1. The maximum Gasteiger partial charge on any atom is 0.166 e. The molecule has 2 bridgehead atoms. The number of piperidine rings is 1. The molecule has 4 heteroatoms. The molecule has 1 fully saturated rings. The molecule has 1 N–H and O–H groups in total. The summed E-state index contributed by atoms with van der Waals surface area (Å²) >= 11 is 4.27. The van der Waals surface area contributed by atoms with E-state index >= 15 is 0 Å². The maximum absolute atomic E-state index is 10.9. The number of benzene rings is 3. The molecule has 166 valence electrons. The molecular weight excluding hydrogens is 474 g/mol. The SMILES string of the molecule is CN1CC[C@]23c4c5ccc(O)c4O[C@H]2C(c2ccccc2)=C(c2ccccc2)[C@H](Br)[C@H]3[C@H]1C5. The third-order valence-corrected chi connectivity index (χ3v) is 9.62. The Morgan fingerprint density at radius 3 is 2.30 bits per heavy atom. The summed E-state index contributed by atoms with van der Waals surface area (Å²) in [5, 5.41) is 10.9. The summed E-state index contributed by atoms with van der Waals surface area (Å²) in [7, 11) is 2.27. The minimum atomic E-state index is -0.142. The molecule has 0 amide bonds. The minimum Gasteiger partial charge on any atom is -0.504 e. The summed E-state index contributed by atoms with van der Waals surface area (Å²) in [5.41, 5.74) is 7.49. The van der Waals surface area contributed by atoms with Crippen LogP contribution in [0.1, 0.15) is 28.7 Å². The number of likely N-dealkylation sites (tertiary alicyclic amines) is 1. The van der Waals surface area contributed by atoms with Crippen molar-refractivity contribution in [2.75, 3.05) is 13.6 Å². The monoisotopic (exact) mass is 499 g/mol. The molecule has 2 aliphatic carbocycles. The number of hydrogen-bond donors (Lipinski definition) is 1. The molecule has 3 nitrogen and oxygen atoms in total. The molecule has 0 unspecified atom stereocenters. The van der Waals surface area contributed by atoms with Gasteiger partial charge in [-0.3, -0.25) is 0 Å². The van der Waals surface area contributed by atoms with Crippen LogP contribution in [0.15, 0.2) is 72.8 Å². The van der Waals surface area contributed by atoms with E-state index in [2.05, 4.69) is 94.6 Å². The van der Waals surface area contributed by atoms with E-state index in [1.165, 1.54) is 33.4 Å². The first-order chi connectivity index (χ1) is 16.1. The molecule has 5 atom stereocenters.